The average Bonchev–Trinajstić information content (AvgIpc) is 2.31. The molecule has 2 aromatic rings. The second-order valence-electron chi connectivity index (χ2n) is 3.93. The summed E-state index contributed by atoms with van der Waals surface area (Å²) in [5, 5.41) is 0. The Labute approximate surface area is 96.1 Å². The fourth-order valence-electron chi connectivity index (χ4n) is 1.75. The fourth-order valence-corrected chi connectivity index (χ4v) is 1.75. The molecule has 0 unspecified atom stereocenters. The Balaban J connectivity index is 2.32. The maximum absolute atomic E-state index is 5.62. The number of aryl methyl sites for hydroxylation is 1. The quantitative estimate of drug-likeness (QED) is 0.848. The third kappa shape index (κ3) is 2.40. The predicted molar refractivity (Wildman–Crippen MR) is 68.1 cm³/mol. The molecule has 2 rings (SSSR count). The molecule has 0 aliphatic carbocycles. The molecule has 82 valence electrons. The van der Waals surface area contributed by atoms with Crippen LogP contribution in [-0.2, 0) is 6.42 Å². The van der Waals surface area contributed by atoms with Gasteiger partial charge in [0.25, 0.3) is 0 Å². The highest BCUT2D eigenvalue weighted by Crippen LogP contribution is 2.19. The molecule has 2 heteroatoms. The molecular weight excluding hydrogens is 196 g/mol. The molecule has 0 fully saturated rings. The van der Waals surface area contributed by atoms with Crippen LogP contribution in [0.25, 0.3) is 11.3 Å². The molecule has 0 aliphatic heterocycles. The highest BCUT2D eigenvalue weighted by molar-refractivity contribution is 5.61. The van der Waals surface area contributed by atoms with Crippen molar-refractivity contribution < 1.29 is 0 Å². The van der Waals surface area contributed by atoms with Crippen molar-refractivity contribution in [3.63, 3.8) is 0 Å². The maximum atomic E-state index is 5.62. The minimum Gasteiger partial charge on any atom is -0.397 e. The lowest BCUT2D eigenvalue weighted by atomic mass is 10.0. The zero-order valence-corrected chi connectivity index (χ0v) is 9.48. The van der Waals surface area contributed by atoms with Crippen LogP contribution in [0.15, 0.2) is 42.6 Å². The first-order valence-electron chi connectivity index (χ1n) is 5.60. The van der Waals surface area contributed by atoms with E-state index in [0.717, 1.165) is 17.7 Å². The van der Waals surface area contributed by atoms with Gasteiger partial charge >= 0.3 is 0 Å². The zero-order chi connectivity index (χ0) is 11.4. The van der Waals surface area contributed by atoms with Gasteiger partial charge in [0.2, 0.25) is 0 Å². The molecule has 0 saturated carbocycles. The minimum absolute atomic E-state index is 0.702. The number of hydrogen-bond donors (Lipinski definition) is 1. The predicted octanol–water partition coefficient (Wildman–Crippen LogP) is 3.28. The van der Waals surface area contributed by atoms with Crippen LogP contribution in [0.1, 0.15) is 18.9 Å². The van der Waals surface area contributed by atoms with Crippen LogP contribution in [0.4, 0.5) is 5.69 Å². The van der Waals surface area contributed by atoms with Crippen molar-refractivity contribution in [3.8, 4) is 11.3 Å². The second kappa shape index (κ2) is 4.79. The highest BCUT2D eigenvalue weighted by atomic mass is 14.7. The molecule has 2 N–H and O–H groups in total. The zero-order valence-electron chi connectivity index (χ0n) is 9.48. The van der Waals surface area contributed by atoms with Gasteiger partial charge in [-0.05, 0) is 30.2 Å². The Morgan fingerprint density at radius 1 is 1.19 bits per heavy atom. The SMILES string of the molecule is CCCc1cccc(-c2ccc(N)cn2)c1. The van der Waals surface area contributed by atoms with E-state index in [4.69, 9.17) is 5.73 Å². The van der Waals surface area contributed by atoms with Gasteiger partial charge in [0, 0.05) is 5.56 Å². The number of pyridine rings is 1. The van der Waals surface area contributed by atoms with E-state index in [1.165, 1.54) is 12.0 Å². The van der Waals surface area contributed by atoms with Crippen LogP contribution < -0.4 is 5.73 Å². The Hall–Kier alpha value is -1.83. The first-order chi connectivity index (χ1) is 7.79. The van der Waals surface area contributed by atoms with Crippen LogP contribution in [0.3, 0.4) is 0 Å². The molecule has 1 heterocycles. The monoisotopic (exact) mass is 212 g/mol. The lowest BCUT2D eigenvalue weighted by molar-refractivity contribution is 0.922. The first-order valence-corrected chi connectivity index (χ1v) is 5.60. The summed E-state index contributed by atoms with van der Waals surface area (Å²) in [6.45, 7) is 2.19. The van der Waals surface area contributed by atoms with Crippen molar-refractivity contribution >= 4 is 5.69 Å². The number of rotatable bonds is 3. The molecule has 0 atom stereocenters. The molecule has 2 nitrogen and oxygen atoms in total. The van der Waals surface area contributed by atoms with E-state index in [2.05, 4.69) is 36.2 Å². The molecule has 0 saturated heterocycles. The molecule has 16 heavy (non-hydrogen) atoms. The minimum atomic E-state index is 0.702. The molecule has 0 radical (unpaired) electrons. The van der Waals surface area contributed by atoms with Crippen molar-refractivity contribution in [2.45, 2.75) is 19.8 Å². The first kappa shape index (κ1) is 10.7. The van der Waals surface area contributed by atoms with E-state index in [9.17, 15) is 0 Å². The largest absolute Gasteiger partial charge is 0.397 e. The summed E-state index contributed by atoms with van der Waals surface area (Å²) in [5.41, 5.74) is 9.82. The summed E-state index contributed by atoms with van der Waals surface area (Å²) in [6, 6.07) is 12.4. The molecule has 1 aromatic heterocycles. The molecule has 0 spiro atoms. The number of nitrogens with zero attached hydrogens (tertiary/aromatic N) is 1. The summed E-state index contributed by atoms with van der Waals surface area (Å²) < 4.78 is 0. The molecule has 0 bridgehead atoms. The molecular formula is C14H16N2. The van der Waals surface area contributed by atoms with E-state index < -0.39 is 0 Å². The maximum Gasteiger partial charge on any atom is 0.0703 e. The van der Waals surface area contributed by atoms with E-state index in [-0.39, 0.29) is 0 Å². The van der Waals surface area contributed by atoms with Crippen LogP contribution in [-0.4, -0.2) is 4.98 Å². The number of nitrogen functional groups attached to an aromatic ring is 1. The van der Waals surface area contributed by atoms with Crippen molar-refractivity contribution in [1.29, 1.82) is 0 Å². The summed E-state index contributed by atoms with van der Waals surface area (Å²) in [7, 11) is 0. The normalized spacial score (nSPS) is 10.3. The van der Waals surface area contributed by atoms with E-state index in [1.54, 1.807) is 6.20 Å². The Kier molecular flexibility index (Phi) is 3.20. The fraction of sp³-hybridized carbons (Fsp3) is 0.214. The third-order valence-corrected chi connectivity index (χ3v) is 2.55. The van der Waals surface area contributed by atoms with Crippen molar-refractivity contribution in [2.24, 2.45) is 0 Å². The van der Waals surface area contributed by atoms with E-state index in [0.29, 0.717) is 5.69 Å². The number of aromatic nitrogens is 1. The van der Waals surface area contributed by atoms with Gasteiger partial charge in [-0.2, -0.15) is 0 Å². The summed E-state index contributed by atoms with van der Waals surface area (Å²) in [4.78, 5) is 4.32. The van der Waals surface area contributed by atoms with Crippen LogP contribution >= 0.6 is 0 Å². The molecule has 0 aliphatic rings. The van der Waals surface area contributed by atoms with Crippen molar-refractivity contribution in [3.05, 3.63) is 48.2 Å². The van der Waals surface area contributed by atoms with Crippen molar-refractivity contribution in [1.82, 2.24) is 4.98 Å². The molecule has 1 aromatic carbocycles. The van der Waals surface area contributed by atoms with Gasteiger partial charge in [0.05, 0.1) is 17.6 Å². The van der Waals surface area contributed by atoms with Crippen LogP contribution in [0, 0.1) is 0 Å². The van der Waals surface area contributed by atoms with E-state index in [1.807, 2.05) is 12.1 Å². The number of hydrogen-bond acceptors (Lipinski definition) is 2. The topological polar surface area (TPSA) is 38.9 Å². The van der Waals surface area contributed by atoms with Gasteiger partial charge in [-0.3, -0.25) is 4.98 Å². The van der Waals surface area contributed by atoms with Gasteiger partial charge in [-0.15, -0.1) is 0 Å². The van der Waals surface area contributed by atoms with Gasteiger partial charge < -0.3 is 5.73 Å². The number of benzene rings is 1. The van der Waals surface area contributed by atoms with Crippen LogP contribution in [0.2, 0.25) is 0 Å². The third-order valence-electron chi connectivity index (χ3n) is 2.55. The molecule has 0 amide bonds. The number of anilines is 1. The lowest BCUT2D eigenvalue weighted by Crippen LogP contribution is -1.89. The Bertz CT molecular complexity index is 460. The smallest absolute Gasteiger partial charge is 0.0703 e. The Morgan fingerprint density at radius 3 is 2.75 bits per heavy atom. The summed E-state index contributed by atoms with van der Waals surface area (Å²) in [6.07, 6.45) is 3.98. The second-order valence-corrected chi connectivity index (χ2v) is 3.93. The van der Waals surface area contributed by atoms with Gasteiger partial charge in [0.15, 0.2) is 0 Å². The average molecular weight is 212 g/mol. The van der Waals surface area contributed by atoms with Crippen molar-refractivity contribution in [2.75, 3.05) is 5.73 Å². The number of nitrogens with two attached hydrogens (primary N) is 1. The Morgan fingerprint density at radius 2 is 2.06 bits per heavy atom. The standard InChI is InChI=1S/C14H16N2/c1-2-4-11-5-3-6-12(9-11)14-8-7-13(15)10-16-14/h3,5-10H,2,4,15H2,1H3. The highest BCUT2D eigenvalue weighted by Gasteiger charge is 1.99. The summed E-state index contributed by atoms with van der Waals surface area (Å²) >= 11 is 0. The van der Waals surface area contributed by atoms with Gasteiger partial charge in [0.1, 0.15) is 0 Å². The summed E-state index contributed by atoms with van der Waals surface area (Å²) in [5.74, 6) is 0. The van der Waals surface area contributed by atoms with Gasteiger partial charge in [-0.25, -0.2) is 0 Å². The van der Waals surface area contributed by atoms with Crippen LogP contribution in [0.5, 0.6) is 0 Å². The van der Waals surface area contributed by atoms with E-state index >= 15 is 0 Å². The van der Waals surface area contributed by atoms with Gasteiger partial charge in [-0.1, -0.05) is 31.5 Å². The lowest BCUT2D eigenvalue weighted by Gasteiger charge is -2.04.